The van der Waals surface area contributed by atoms with Gasteiger partial charge in [-0.15, -0.1) is 0 Å². The molecule has 0 bridgehead atoms. The van der Waals surface area contributed by atoms with Gasteiger partial charge in [-0.1, -0.05) is 102 Å². The molecular formula is C31H42N2O6. The summed E-state index contributed by atoms with van der Waals surface area (Å²) in [5.41, 5.74) is 3.13. The molecule has 0 saturated carbocycles. The van der Waals surface area contributed by atoms with Crippen LogP contribution in [0.15, 0.2) is 60.7 Å². The fourth-order valence-electron chi connectivity index (χ4n) is 4.63. The quantitative estimate of drug-likeness (QED) is 0.521. The first kappa shape index (κ1) is 33.5. The maximum absolute atomic E-state index is 12.0. The highest BCUT2D eigenvalue weighted by molar-refractivity contribution is 5.68. The Balaban J connectivity index is 0.000000328. The summed E-state index contributed by atoms with van der Waals surface area (Å²) in [6.45, 7) is 19.2. The van der Waals surface area contributed by atoms with Crippen LogP contribution in [0.1, 0.15) is 52.7 Å². The van der Waals surface area contributed by atoms with Gasteiger partial charge in [-0.2, -0.15) is 19.2 Å². The van der Waals surface area contributed by atoms with E-state index in [2.05, 4.69) is 76.8 Å². The lowest BCUT2D eigenvalue weighted by molar-refractivity contribution is -0.193. The molecule has 2 aliphatic heterocycles. The Kier molecular flexibility index (Phi) is 14.1. The fraction of sp³-hybridized carbons (Fsp3) is 0.516. The van der Waals surface area contributed by atoms with Gasteiger partial charge in [-0.25, -0.2) is 4.79 Å². The molecule has 39 heavy (non-hydrogen) atoms. The number of nitrogens with zero attached hydrogens (tertiary/aromatic N) is 2. The molecule has 2 fully saturated rings. The Morgan fingerprint density at radius 2 is 1.21 bits per heavy atom. The van der Waals surface area contributed by atoms with Crippen molar-refractivity contribution in [2.24, 2.45) is 22.7 Å². The number of ether oxygens (including phenoxy) is 1. The molecule has 0 radical (unpaired) electrons. The summed E-state index contributed by atoms with van der Waals surface area (Å²) in [6.07, 6.45) is 0.302. The van der Waals surface area contributed by atoms with Crippen LogP contribution >= 0.6 is 0 Å². The Morgan fingerprint density at radius 1 is 0.769 bits per heavy atom. The SMILES string of the molecule is C[C@H]1CN(C(=O)OCc2ccccc2)CC1(C)C.C[C@H]1CN(Cc2ccccc2)CC1(C)C.O=C=O.O=C=O. The number of amides is 1. The minimum atomic E-state index is -0.198. The highest BCUT2D eigenvalue weighted by atomic mass is 16.6. The standard InChI is InChI=1S/C15H21NO2.C14H21N.2CO2/c1-12-9-16(11-15(12,2)3)14(17)18-10-13-7-5-4-6-8-13;1-12-9-15(11-14(12,2)3)10-13-7-5-4-6-8-13;2*2-1-3/h4-8,12H,9-11H2,1-3H3;4-8,12H,9-11H2,1-3H3;;/t2*12-;;/m00../s1. The van der Waals surface area contributed by atoms with E-state index in [1.54, 1.807) is 0 Å². The Labute approximate surface area is 232 Å². The first-order chi connectivity index (χ1) is 18.4. The number of rotatable bonds is 4. The number of likely N-dealkylation sites (tertiary alicyclic amines) is 2. The molecular weight excluding hydrogens is 496 g/mol. The van der Waals surface area contributed by atoms with Crippen molar-refractivity contribution in [2.45, 2.75) is 54.7 Å². The van der Waals surface area contributed by atoms with Gasteiger partial charge in [0.05, 0.1) is 0 Å². The van der Waals surface area contributed by atoms with Crippen molar-refractivity contribution >= 4 is 18.4 Å². The molecule has 8 heteroatoms. The molecule has 0 aliphatic carbocycles. The van der Waals surface area contributed by atoms with Gasteiger partial charge in [-0.05, 0) is 33.8 Å². The summed E-state index contributed by atoms with van der Waals surface area (Å²) in [7, 11) is 0. The van der Waals surface area contributed by atoms with Gasteiger partial charge in [-0.3, -0.25) is 4.90 Å². The van der Waals surface area contributed by atoms with Gasteiger partial charge in [0.2, 0.25) is 0 Å². The molecule has 0 unspecified atom stereocenters. The molecule has 0 spiro atoms. The van der Waals surface area contributed by atoms with E-state index in [0.717, 1.165) is 31.1 Å². The molecule has 212 valence electrons. The highest BCUT2D eigenvalue weighted by Crippen LogP contribution is 2.36. The van der Waals surface area contributed by atoms with Gasteiger partial charge in [0.15, 0.2) is 0 Å². The van der Waals surface area contributed by atoms with Gasteiger partial charge < -0.3 is 9.64 Å². The second-order valence-electron chi connectivity index (χ2n) is 11.5. The maximum Gasteiger partial charge on any atom is 0.410 e. The van der Waals surface area contributed by atoms with Crippen LogP contribution in [0.5, 0.6) is 0 Å². The normalized spacial score (nSPS) is 20.4. The molecule has 4 rings (SSSR count). The zero-order chi connectivity index (χ0) is 29.5. The van der Waals surface area contributed by atoms with E-state index < -0.39 is 0 Å². The lowest BCUT2D eigenvalue weighted by Gasteiger charge is -2.22. The van der Waals surface area contributed by atoms with Crippen molar-refractivity contribution in [3.8, 4) is 0 Å². The van der Waals surface area contributed by atoms with Crippen LogP contribution in [0, 0.1) is 22.7 Å². The molecule has 8 nitrogen and oxygen atoms in total. The number of carbonyl (C=O) groups excluding carboxylic acids is 5. The Hall–Kier alpha value is -3.57. The largest absolute Gasteiger partial charge is 0.445 e. The van der Waals surface area contributed by atoms with E-state index in [9.17, 15) is 4.79 Å². The first-order valence-corrected chi connectivity index (χ1v) is 13.1. The van der Waals surface area contributed by atoms with E-state index >= 15 is 0 Å². The molecule has 2 heterocycles. The van der Waals surface area contributed by atoms with Gasteiger partial charge in [0, 0.05) is 32.7 Å². The van der Waals surface area contributed by atoms with E-state index in [-0.39, 0.29) is 23.8 Å². The average Bonchev–Trinajstić information content (AvgIpc) is 3.31. The monoisotopic (exact) mass is 538 g/mol. The summed E-state index contributed by atoms with van der Waals surface area (Å²) < 4.78 is 5.34. The predicted molar refractivity (Wildman–Crippen MR) is 146 cm³/mol. The third-order valence-electron chi connectivity index (χ3n) is 7.64. The van der Waals surface area contributed by atoms with Crippen molar-refractivity contribution in [3.63, 3.8) is 0 Å². The summed E-state index contributed by atoms with van der Waals surface area (Å²) in [5.74, 6) is 1.32. The zero-order valence-electron chi connectivity index (χ0n) is 24.0. The van der Waals surface area contributed by atoms with Gasteiger partial charge >= 0.3 is 18.4 Å². The third-order valence-corrected chi connectivity index (χ3v) is 7.64. The first-order valence-electron chi connectivity index (χ1n) is 13.1. The van der Waals surface area contributed by atoms with Gasteiger partial charge in [0.1, 0.15) is 6.61 Å². The second kappa shape index (κ2) is 16.4. The molecule has 2 saturated heterocycles. The van der Waals surface area contributed by atoms with Crippen LogP contribution in [0.2, 0.25) is 0 Å². The minimum absolute atomic E-state index is 0.186. The predicted octanol–water partition coefficient (Wildman–Crippen LogP) is 5.30. The topological polar surface area (TPSA) is 101 Å². The summed E-state index contributed by atoms with van der Waals surface area (Å²) in [6, 6.07) is 20.5. The summed E-state index contributed by atoms with van der Waals surface area (Å²) >= 11 is 0. The van der Waals surface area contributed by atoms with Crippen LogP contribution in [-0.2, 0) is 37.1 Å². The minimum Gasteiger partial charge on any atom is -0.445 e. The van der Waals surface area contributed by atoms with Crippen molar-refractivity contribution in [3.05, 3.63) is 71.8 Å². The molecule has 2 aromatic carbocycles. The van der Waals surface area contributed by atoms with Crippen molar-refractivity contribution in [1.82, 2.24) is 9.80 Å². The van der Waals surface area contributed by atoms with Crippen molar-refractivity contribution in [1.29, 1.82) is 0 Å². The fourth-order valence-corrected chi connectivity index (χ4v) is 4.63. The maximum atomic E-state index is 12.0. The van der Waals surface area contributed by atoms with Crippen molar-refractivity contribution < 1.29 is 28.7 Å². The van der Waals surface area contributed by atoms with Crippen molar-refractivity contribution in [2.75, 3.05) is 26.2 Å². The van der Waals surface area contributed by atoms with Crippen LogP contribution in [0.4, 0.5) is 4.79 Å². The van der Waals surface area contributed by atoms with Crippen LogP contribution in [0.25, 0.3) is 0 Å². The smallest absolute Gasteiger partial charge is 0.410 e. The van der Waals surface area contributed by atoms with E-state index in [4.69, 9.17) is 23.9 Å². The van der Waals surface area contributed by atoms with Crippen LogP contribution in [0.3, 0.4) is 0 Å². The highest BCUT2D eigenvalue weighted by Gasteiger charge is 2.39. The molecule has 0 aromatic heterocycles. The second-order valence-corrected chi connectivity index (χ2v) is 11.5. The van der Waals surface area contributed by atoms with E-state index in [1.165, 1.54) is 18.7 Å². The van der Waals surface area contributed by atoms with Crippen LogP contribution < -0.4 is 0 Å². The molecule has 0 N–H and O–H groups in total. The van der Waals surface area contributed by atoms with E-state index in [1.807, 2.05) is 35.2 Å². The summed E-state index contributed by atoms with van der Waals surface area (Å²) in [4.78, 5) is 48.8. The zero-order valence-corrected chi connectivity index (χ0v) is 24.0. The number of benzene rings is 2. The Morgan fingerprint density at radius 3 is 1.62 bits per heavy atom. The molecule has 2 atom stereocenters. The number of hydrogen-bond donors (Lipinski definition) is 0. The third kappa shape index (κ3) is 11.8. The lowest BCUT2D eigenvalue weighted by atomic mass is 9.84. The molecule has 1 amide bonds. The lowest BCUT2D eigenvalue weighted by Crippen LogP contribution is -2.30. The summed E-state index contributed by atoms with van der Waals surface area (Å²) in [5, 5.41) is 0. The van der Waals surface area contributed by atoms with E-state index in [0.29, 0.717) is 17.9 Å². The molecule has 2 aromatic rings. The number of hydrogen-bond acceptors (Lipinski definition) is 7. The average molecular weight is 539 g/mol. The molecule has 2 aliphatic rings. The van der Waals surface area contributed by atoms with Gasteiger partial charge in [0.25, 0.3) is 0 Å². The Bertz CT molecular complexity index is 1050. The van der Waals surface area contributed by atoms with Crippen LogP contribution in [-0.4, -0.2) is 54.4 Å². The number of carbonyl (C=O) groups is 1.